The largest absolute Gasteiger partial charge is 0.316 e. The number of aromatic nitrogens is 1. The van der Waals surface area contributed by atoms with Crippen LogP contribution in [0.15, 0.2) is 24.4 Å². The average molecular weight is 218 g/mol. The zero-order valence-corrected chi connectivity index (χ0v) is 9.12. The molecule has 16 heavy (non-hydrogen) atoms. The summed E-state index contributed by atoms with van der Waals surface area (Å²) in [5.41, 5.74) is 2.42. The molecule has 3 rings (SSSR count). The van der Waals surface area contributed by atoms with Crippen molar-refractivity contribution >= 4 is 5.57 Å². The minimum Gasteiger partial charge on any atom is -0.316 e. The van der Waals surface area contributed by atoms with Crippen LogP contribution in [0.3, 0.4) is 0 Å². The van der Waals surface area contributed by atoms with Gasteiger partial charge in [-0.1, -0.05) is 6.08 Å². The third-order valence-electron chi connectivity index (χ3n) is 3.66. The van der Waals surface area contributed by atoms with E-state index in [9.17, 15) is 4.39 Å². The van der Waals surface area contributed by atoms with E-state index in [1.165, 1.54) is 18.1 Å². The molecule has 0 aromatic carbocycles. The van der Waals surface area contributed by atoms with E-state index in [0.717, 1.165) is 31.0 Å². The summed E-state index contributed by atoms with van der Waals surface area (Å²) in [7, 11) is 0. The van der Waals surface area contributed by atoms with Gasteiger partial charge in [0, 0.05) is 6.20 Å². The van der Waals surface area contributed by atoms with Crippen molar-refractivity contribution in [3.63, 3.8) is 0 Å². The molecule has 0 bridgehead atoms. The van der Waals surface area contributed by atoms with Gasteiger partial charge in [0.15, 0.2) is 0 Å². The molecular weight excluding hydrogens is 203 g/mol. The summed E-state index contributed by atoms with van der Waals surface area (Å²) in [4.78, 5) is 3.72. The molecule has 84 valence electrons. The fraction of sp³-hybridized carbons (Fsp3) is 0.462. The first-order chi connectivity index (χ1) is 7.83. The molecule has 1 aromatic rings. The molecule has 2 atom stereocenters. The number of nitrogens with zero attached hydrogens (tertiary/aromatic N) is 1. The molecule has 1 aromatic heterocycles. The number of pyridine rings is 1. The minimum absolute atomic E-state index is 0.401. The molecule has 0 amide bonds. The van der Waals surface area contributed by atoms with Gasteiger partial charge in [0.05, 0.1) is 0 Å². The number of fused-ring (bicyclic) bond motifs is 1. The second-order valence-electron chi connectivity index (χ2n) is 4.68. The molecule has 1 aliphatic carbocycles. The summed E-state index contributed by atoms with van der Waals surface area (Å²) >= 11 is 0. The van der Waals surface area contributed by atoms with Crippen molar-refractivity contribution in [1.29, 1.82) is 0 Å². The van der Waals surface area contributed by atoms with Crippen LogP contribution in [0.4, 0.5) is 4.39 Å². The number of halogens is 1. The Morgan fingerprint density at radius 3 is 3.06 bits per heavy atom. The molecule has 0 saturated carbocycles. The van der Waals surface area contributed by atoms with E-state index in [1.54, 1.807) is 6.20 Å². The lowest BCUT2D eigenvalue weighted by atomic mass is 9.89. The molecule has 1 aliphatic heterocycles. The fourth-order valence-electron chi connectivity index (χ4n) is 2.77. The fourth-order valence-corrected chi connectivity index (χ4v) is 2.77. The van der Waals surface area contributed by atoms with Crippen molar-refractivity contribution in [3.05, 3.63) is 35.9 Å². The lowest BCUT2D eigenvalue weighted by Gasteiger charge is -2.25. The molecular formula is C13H15FN2. The Morgan fingerprint density at radius 1 is 1.38 bits per heavy atom. The van der Waals surface area contributed by atoms with Gasteiger partial charge in [0.2, 0.25) is 5.95 Å². The van der Waals surface area contributed by atoms with Gasteiger partial charge >= 0.3 is 0 Å². The first-order valence-corrected chi connectivity index (χ1v) is 5.86. The highest BCUT2D eigenvalue weighted by Gasteiger charge is 2.29. The second-order valence-corrected chi connectivity index (χ2v) is 4.68. The Balaban J connectivity index is 1.83. The van der Waals surface area contributed by atoms with Crippen molar-refractivity contribution in [2.75, 3.05) is 13.1 Å². The average Bonchev–Trinajstić information content (AvgIpc) is 2.73. The van der Waals surface area contributed by atoms with Crippen LogP contribution in [0.2, 0.25) is 0 Å². The standard InChI is InChI=1S/C13H15FN2/c14-13-2-1-10(8-16-13)11-5-9-3-4-15-7-12(9)6-11/h1-2,5,8-9,12,15H,3-4,6-7H2/t9-,12-/m0/s1. The molecule has 2 nitrogen and oxygen atoms in total. The maximum Gasteiger partial charge on any atom is 0.212 e. The summed E-state index contributed by atoms with van der Waals surface area (Å²) < 4.78 is 12.7. The van der Waals surface area contributed by atoms with Gasteiger partial charge in [-0.2, -0.15) is 4.39 Å². The lowest BCUT2D eigenvalue weighted by Crippen LogP contribution is -2.33. The quantitative estimate of drug-likeness (QED) is 0.731. The summed E-state index contributed by atoms with van der Waals surface area (Å²) in [5.74, 6) is 1.04. The topological polar surface area (TPSA) is 24.9 Å². The van der Waals surface area contributed by atoms with Crippen LogP contribution in [-0.2, 0) is 0 Å². The number of allylic oxidation sites excluding steroid dienone is 2. The highest BCUT2D eigenvalue weighted by molar-refractivity contribution is 5.67. The Kier molecular flexibility index (Phi) is 2.48. The van der Waals surface area contributed by atoms with Crippen LogP contribution in [0.5, 0.6) is 0 Å². The molecule has 2 aliphatic rings. The number of hydrogen-bond donors (Lipinski definition) is 1. The molecule has 1 fully saturated rings. The predicted molar refractivity (Wildman–Crippen MR) is 61.3 cm³/mol. The van der Waals surface area contributed by atoms with E-state index >= 15 is 0 Å². The van der Waals surface area contributed by atoms with E-state index in [4.69, 9.17) is 0 Å². The summed E-state index contributed by atoms with van der Waals surface area (Å²) in [5, 5.41) is 3.43. The minimum atomic E-state index is -0.401. The summed E-state index contributed by atoms with van der Waals surface area (Å²) in [6, 6.07) is 3.27. The molecule has 0 unspecified atom stereocenters. The van der Waals surface area contributed by atoms with Gasteiger partial charge in [-0.25, -0.2) is 4.98 Å². The zero-order chi connectivity index (χ0) is 11.0. The van der Waals surface area contributed by atoms with Crippen LogP contribution in [0, 0.1) is 17.8 Å². The van der Waals surface area contributed by atoms with Crippen molar-refractivity contribution in [1.82, 2.24) is 10.3 Å². The number of nitrogens with one attached hydrogen (secondary N) is 1. The maximum absolute atomic E-state index is 12.7. The number of rotatable bonds is 1. The Labute approximate surface area is 94.6 Å². The highest BCUT2D eigenvalue weighted by Crippen LogP contribution is 2.38. The van der Waals surface area contributed by atoms with E-state index in [-0.39, 0.29) is 0 Å². The van der Waals surface area contributed by atoms with Gasteiger partial charge in [-0.15, -0.1) is 0 Å². The third kappa shape index (κ3) is 1.76. The first kappa shape index (κ1) is 9.97. The maximum atomic E-state index is 12.7. The highest BCUT2D eigenvalue weighted by atomic mass is 19.1. The Hall–Kier alpha value is -1.22. The van der Waals surface area contributed by atoms with Crippen LogP contribution in [0.25, 0.3) is 5.57 Å². The molecule has 1 N–H and O–H groups in total. The SMILES string of the molecule is Fc1ccc(C2=C[C@@H]3CCNC[C@@H]3C2)cn1. The van der Waals surface area contributed by atoms with E-state index in [1.807, 2.05) is 6.07 Å². The zero-order valence-electron chi connectivity index (χ0n) is 9.12. The first-order valence-electron chi connectivity index (χ1n) is 5.86. The Morgan fingerprint density at radius 2 is 2.31 bits per heavy atom. The van der Waals surface area contributed by atoms with Gasteiger partial charge in [0.25, 0.3) is 0 Å². The van der Waals surface area contributed by atoms with Crippen molar-refractivity contribution in [2.45, 2.75) is 12.8 Å². The van der Waals surface area contributed by atoms with Crippen LogP contribution < -0.4 is 5.32 Å². The summed E-state index contributed by atoms with van der Waals surface area (Å²) in [6.45, 7) is 2.23. The van der Waals surface area contributed by atoms with Crippen LogP contribution in [0.1, 0.15) is 18.4 Å². The van der Waals surface area contributed by atoms with Gasteiger partial charge in [0.1, 0.15) is 0 Å². The molecule has 0 spiro atoms. The summed E-state index contributed by atoms with van der Waals surface area (Å²) in [6.07, 6.45) is 6.33. The van der Waals surface area contributed by atoms with Crippen molar-refractivity contribution in [3.8, 4) is 0 Å². The van der Waals surface area contributed by atoms with E-state index in [0.29, 0.717) is 5.92 Å². The van der Waals surface area contributed by atoms with E-state index in [2.05, 4.69) is 16.4 Å². The van der Waals surface area contributed by atoms with E-state index < -0.39 is 5.95 Å². The molecule has 1 saturated heterocycles. The number of piperidine rings is 1. The van der Waals surface area contributed by atoms with Gasteiger partial charge in [-0.3, -0.25) is 0 Å². The van der Waals surface area contributed by atoms with Gasteiger partial charge < -0.3 is 5.32 Å². The normalized spacial score (nSPS) is 28.7. The Bertz CT molecular complexity index is 410. The molecule has 3 heteroatoms. The third-order valence-corrected chi connectivity index (χ3v) is 3.66. The molecule has 2 heterocycles. The monoisotopic (exact) mass is 218 g/mol. The number of hydrogen-bond acceptors (Lipinski definition) is 2. The van der Waals surface area contributed by atoms with Crippen molar-refractivity contribution < 1.29 is 4.39 Å². The van der Waals surface area contributed by atoms with Crippen LogP contribution in [-0.4, -0.2) is 18.1 Å². The lowest BCUT2D eigenvalue weighted by molar-refractivity contribution is 0.324. The van der Waals surface area contributed by atoms with Gasteiger partial charge in [-0.05, 0) is 61.0 Å². The predicted octanol–water partition coefficient (Wildman–Crippen LogP) is 2.23. The smallest absolute Gasteiger partial charge is 0.212 e. The van der Waals surface area contributed by atoms with Crippen LogP contribution >= 0.6 is 0 Å². The van der Waals surface area contributed by atoms with Crippen molar-refractivity contribution in [2.24, 2.45) is 11.8 Å². The second kappa shape index (κ2) is 3.98. The molecule has 0 radical (unpaired) electrons.